The van der Waals surface area contributed by atoms with Crippen LogP contribution < -0.4 is 0 Å². The molecular weight excluding hydrogens is 523 g/mol. The monoisotopic (exact) mass is 536 g/mol. The van der Waals surface area contributed by atoms with Crippen LogP contribution >= 0.6 is 0 Å². The van der Waals surface area contributed by atoms with Gasteiger partial charge < -0.3 is 0 Å². The lowest BCUT2D eigenvalue weighted by Gasteiger charge is -2.42. The maximum atomic E-state index is 13.5. The van der Waals surface area contributed by atoms with Crippen LogP contribution in [0, 0.1) is 0 Å². The molecule has 0 aliphatic heterocycles. The zero-order chi connectivity index (χ0) is 27.3. The first-order valence-corrected chi connectivity index (χ1v) is 7.98. The van der Waals surface area contributed by atoms with E-state index in [4.69, 9.17) is 0 Å². The molecule has 0 saturated carbocycles. The van der Waals surface area contributed by atoms with Gasteiger partial charge in [0.2, 0.25) is 0 Å². The fraction of sp³-hybridized carbons (Fsp3) is 1.00. The molecule has 19 heteroatoms. The highest BCUT2D eigenvalue weighted by Gasteiger charge is 2.95. The van der Waals surface area contributed by atoms with Crippen LogP contribution in [0.25, 0.3) is 0 Å². The Balaban J connectivity index is 6.26. The van der Waals surface area contributed by atoms with Crippen molar-refractivity contribution in [2.45, 2.75) is 80.4 Å². The second kappa shape index (κ2) is 8.44. The summed E-state index contributed by atoms with van der Waals surface area (Å²) in [6, 6.07) is 0. The van der Waals surface area contributed by atoms with Gasteiger partial charge in [-0.25, -0.2) is 9.78 Å². The second-order valence-corrected chi connectivity index (χ2v) is 7.42. The normalized spacial score (nSPS) is 16.4. The maximum absolute atomic E-state index is 13.5. The molecule has 0 fully saturated rings. The van der Waals surface area contributed by atoms with Crippen LogP contribution in [0.4, 0.5) is 74.6 Å². The van der Waals surface area contributed by atoms with Gasteiger partial charge in [0.25, 0.3) is 0 Å². The van der Waals surface area contributed by atoms with Gasteiger partial charge in [-0.2, -0.15) is 74.6 Å². The van der Waals surface area contributed by atoms with Gasteiger partial charge in [-0.1, -0.05) is 0 Å². The van der Waals surface area contributed by atoms with Crippen molar-refractivity contribution in [3.05, 3.63) is 0 Å². The van der Waals surface area contributed by atoms with E-state index >= 15 is 0 Å². The van der Waals surface area contributed by atoms with E-state index in [1.807, 2.05) is 0 Å². The van der Waals surface area contributed by atoms with Crippen molar-refractivity contribution in [2.24, 2.45) is 0 Å². The maximum Gasteiger partial charge on any atom is 0.460 e. The third-order valence-electron chi connectivity index (χ3n) is 3.60. The van der Waals surface area contributed by atoms with Crippen molar-refractivity contribution in [1.29, 1.82) is 0 Å². The number of hydrogen-bond donors (Lipinski definition) is 0. The number of hydrogen-bond acceptors (Lipinski definition) is 2. The van der Waals surface area contributed by atoms with Gasteiger partial charge in [0, 0.05) is 6.42 Å². The molecule has 0 aromatic rings. The minimum atomic E-state index is -8.63. The quantitative estimate of drug-likeness (QED) is 0.128. The fourth-order valence-electron chi connectivity index (χ4n) is 1.74. The topological polar surface area (TPSA) is 18.5 Å². The van der Waals surface area contributed by atoms with E-state index in [1.54, 1.807) is 0 Å². The van der Waals surface area contributed by atoms with Gasteiger partial charge >= 0.3 is 47.6 Å². The Morgan fingerprint density at radius 2 is 0.758 bits per heavy atom. The van der Waals surface area contributed by atoms with Gasteiger partial charge in [0.15, 0.2) is 0 Å². The molecule has 0 spiro atoms. The summed E-state index contributed by atoms with van der Waals surface area (Å²) < 4.78 is 222. The van der Waals surface area contributed by atoms with Crippen LogP contribution in [0.15, 0.2) is 0 Å². The number of rotatable bonds is 10. The predicted octanol–water partition coefficient (Wildman–Crippen LogP) is 7.13. The molecule has 0 aliphatic rings. The highest BCUT2D eigenvalue weighted by atomic mass is 19.4. The van der Waals surface area contributed by atoms with Crippen molar-refractivity contribution < 1.29 is 84.4 Å². The van der Waals surface area contributed by atoms with Gasteiger partial charge in [-0.15, -0.1) is 0 Å². The number of alkyl halides is 17. The Kier molecular flexibility index (Phi) is 8.11. The summed E-state index contributed by atoms with van der Waals surface area (Å²) in [5.41, 5.74) is -1.33. The van der Waals surface area contributed by atoms with Gasteiger partial charge in [0.05, 0.1) is 12.2 Å². The zero-order valence-electron chi connectivity index (χ0n) is 16.2. The first kappa shape index (κ1) is 31.7. The summed E-state index contributed by atoms with van der Waals surface area (Å²) in [5.74, 6) is -56.4. The molecule has 0 saturated heterocycles. The van der Waals surface area contributed by atoms with Crippen LogP contribution in [-0.4, -0.2) is 59.8 Å². The average Bonchev–Trinajstić information content (AvgIpc) is 2.55. The van der Waals surface area contributed by atoms with Crippen molar-refractivity contribution in [1.82, 2.24) is 0 Å². The summed E-state index contributed by atoms with van der Waals surface area (Å²) in [6.07, 6.45) is -10.5. The van der Waals surface area contributed by atoms with E-state index in [1.165, 1.54) is 20.8 Å². The lowest BCUT2D eigenvalue weighted by molar-refractivity contribution is -0.462. The number of halogens is 17. The third-order valence-corrected chi connectivity index (χ3v) is 3.60. The molecule has 0 rings (SSSR count). The average molecular weight is 536 g/mol. The Morgan fingerprint density at radius 1 is 0.455 bits per heavy atom. The summed E-state index contributed by atoms with van der Waals surface area (Å²) in [7, 11) is 0. The smallest absolute Gasteiger partial charge is 0.236 e. The van der Waals surface area contributed by atoms with Crippen LogP contribution in [0.2, 0.25) is 0 Å². The van der Waals surface area contributed by atoms with E-state index < -0.39 is 66.3 Å². The Morgan fingerprint density at radius 3 is 1.06 bits per heavy atom. The molecule has 0 aromatic heterocycles. The van der Waals surface area contributed by atoms with Crippen molar-refractivity contribution in [3.8, 4) is 0 Å². The van der Waals surface area contributed by atoms with Crippen LogP contribution in [0.3, 0.4) is 0 Å². The van der Waals surface area contributed by atoms with Crippen LogP contribution in [-0.2, 0) is 9.78 Å². The minimum Gasteiger partial charge on any atom is -0.236 e. The van der Waals surface area contributed by atoms with E-state index in [-0.39, 0.29) is 0 Å². The van der Waals surface area contributed by atoms with Crippen molar-refractivity contribution >= 4 is 0 Å². The van der Waals surface area contributed by atoms with Crippen LogP contribution in [0.5, 0.6) is 0 Å². The molecule has 0 unspecified atom stereocenters. The lowest BCUT2D eigenvalue weighted by atomic mass is 9.88. The summed E-state index contributed by atoms with van der Waals surface area (Å²) in [6.45, 7) is 1.72. The van der Waals surface area contributed by atoms with Crippen molar-refractivity contribution in [2.75, 3.05) is 6.61 Å². The van der Waals surface area contributed by atoms with Gasteiger partial charge in [0.1, 0.15) is 0 Å². The Hall–Kier alpha value is -1.27. The molecule has 0 amide bonds. The van der Waals surface area contributed by atoms with Crippen molar-refractivity contribution in [3.63, 3.8) is 0 Å². The first-order chi connectivity index (χ1) is 14.0. The summed E-state index contributed by atoms with van der Waals surface area (Å²) in [5, 5.41) is 0. The third kappa shape index (κ3) is 5.07. The van der Waals surface area contributed by atoms with E-state index in [2.05, 4.69) is 9.78 Å². The minimum absolute atomic E-state index is 1.17. The molecule has 0 aliphatic carbocycles. The Labute approximate surface area is 172 Å². The molecule has 0 radical (unpaired) electrons. The van der Waals surface area contributed by atoms with E-state index in [9.17, 15) is 74.6 Å². The summed E-state index contributed by atoms with van der Waals surface area (Å²) in [4.78, 5) is 8.13. The molecule has 2 nitrogen and oxygen atoms in total. The molecular formula is C14H13F17O2. The largest absolute Gasteiger partial charge is 0.460 e. The molecule has 0 bridgehead atoms. The zero-order valence-corrected chi connectivity index (χ0v) is 16.2. The highest BCUT2D eigenvalue weighted by molar-refractivity contribution is 5.15. The fourth-order valence-corrected chi connectivity index (χ4v) is 1.74. The predicted molar refractivity (Wildman–Crippen MR) is 72.1 cm³/mol. The first-order valence-electron chi connectivity index (χ1n) is 7.98. The Bertz CT molecular complexity index is 674. The van der Waals surface area contributed by atoms with Crippen LogP contribution in [0.1, 0.15) is 27.2 Å². The highest BCUT2D eigenvalue weighted by Crippen LogP contribution is 2.64. The summed E-state index contributed by atoms with van der Waals surface area (Å²) >= 11 is 0. The molecule has 0 heterocycles. The molecule has 200 valence electrons. The molecule has 0 N–H and O–H groups in total. The molecule has 0 atom stereocenters. The SMILES string of the molecule is CC(C)(C)OOCCC(F)(F)C(F)(F)C(F)(F)C(F)(F)C(F)(F)C(F)(F)C(F)(F)C(F)(F)F. The van der Waals surface area contributed by atoms with Gasteiger partial charge in [-0.3, -0.25) is 0 Å². The van der Waals surface area contributed by atoms with E-state index in [0.717, 1.165) is 0 Å². The lowest BCUT2D eigenvalue weighted by Crippen LogP contribution is -2.74. The van der Waals surface area contributed by atoms with E-state index in [0.29, 0.717) is 0 Å². The molecule has 33 heavy (non-hydrogen) atoms. The molecule has 0 aromatic carbocycles. The van der Waals surface area contributed by atoms with Gasteiger partial charge in [-0.05, 0) is 20.8 Å². The second-order valence-electron chi connectivity index (χ2n) is 7.42. The standard InChI is InChI=1S/C14H13F17O2/c1-6(2,3)33-32-5-4-7(15,16)8(17,18)9(19,20)10(21,22)11(23,24)12(25,26)13(27,28)14(29,30)31/h4-5H2,1-3H3.